The quantitative estimate of drug-likeness (QED) is 0.742. The summed E-state index contributed by atoms with van der Waals surface area (Å²) in [7, 11) is 0. The van der Waals surface area contributed by atoms with Gasteiger partial charge in [-0.05, 0) is 5.56 Å². The number of benzene rings is 1. The lowest BCUT2D eigenvalue weighted by Crippen LogP contribution is -2.23. The van der Waals surface area contributed by atoms with Crippen molar-refractivity contribution in [3.63, 3.8) is 0 Å². The number of esters is 1. The van der Waals surface area contributed by atoms with Crippen molar-refractivity contribution in [2.24, 2.45) is 11.7 Å². The molecule has 1 atom stereocenters. The Labute approximate surface area is 90.2 Å². The van der Waals surface area contributed by atoms with Crippen LogP contribution in [-0.2, 0) is 16.0 Å². The molecule has 0 spiro atoms. The topological polar surface area (TPSA) is 52.3 Å². The predicted molar refractivity (Wildman–Crippen MR) is 59.3 cm³/mol. The molecule has 15 heavy (non-hydrogen) atoms. The highest BCUT2D eigenvalue weighted by atomic mass is 16.5. The third-order valence-electron chi connectivity index (χ3n) is 2.23. The second kappa shape index (κ2) is 6.19. The normalized spacial score (nSPS) is 12.1. The maximum absolute atomic E-state index is 11.3. The molecule has 82 valence electrons. The van der Waals surface area contributed by atoms with Crippen LogP contribution < -0.4 is 5.73 Å². The number of carbonyl (C=O) groups excluding carboxylic acids is 1. The zero-order valence-electron chi connectivity index (χ0n) is 8.98. The summed E-state index contributed by atoms with van der Waals surface area (Å²) in [6.45, 7) is 2.53. The van der Waals surface area contributed by atoms with Crippen LogP contribution in [0, 0.1) is 5.92 Å². The molecule has 3 nitrogen and oxygen atoms in total. The van der Waals surface area contributed by atoms with E-state index in [-0.39, 0.29) is 11.9 Å². The van der Waals surface area contributed by atoms with Crippen LogP contribution >= 0.6 is 0 Å². The van der Waals surface area contributed by atoms with Crippen molar-refractivity contribution >= 4 is 5.97 Å². The van der Waals surface area contributed by atoms with E-state index in [0.29, 0.717) is 13.2 Å². The molecule has 2 N–H and O–H groups in total. The molecule has 0 aliphatic carbocycles. The van der Waals surface area contributed by atoms with Crippen molar-refractivity contribution in [3.8, 4) is 0 Å². The van der Waals surface area contributed by atoms with Gasteiger partial charge in [-0.15, -0.1) is 0 Å². The van der Waals surface area contributed by atoms with E-state index in [2.05, 4.69) is 0 Å². The second-order valence-corrected chi connectivity index (χ2v) is 3.54. The van der Waals surface area contributed by atoms with Crippen LogP contribution in [0.15, 0.2) is 30.3 Å². The van der Waals surface area contributed by atoms with Gasteiger partial charge in [0.2, 0.25) is 0 Å². The van der Waals surface area contributed by atoms with Crippen LogP contribution in [0.5, 0.6) is 0 Å². The average Bonchev–Trinajstić information content (AvgIpc) is 2.29. The van der Waals surface area contributed by atoms with Gasteiger partial charge in [-0.2, -0.15) is 0 Å². The molecular weight excluding hydrogens is 190 g/mol. The van der Waals surface area contributed by atoms with Gasteiger partial charge in [0.15, 0.2) is 0 Å². The van der Waals surface area contributed by atoms with Crippen LogP contribution in [0.1, 0.15) is 12.5 Å². The molecule has 0 saturated heterocycles. The van der Waals surface area contributed by atoms with Gasteiger partial charge in [-0.3, -0.25) is 4.79 Å². The Balaban J connectivity index is 2.25. The molecule has 0 fully saturated rings. The summed E-state index contributed by atoms with van der Waals surface area (Å²) in [5.41, 5.74) is 6.53. The molecule has 0 aliphatic heterocycles. The number of hydrogen-bond acceptors (Lipinski definition) is 3. The highest BCUT2D eigenvalue weighted by Gasteiger charge is 2.11. The fourth-order valence-corrected chi connectivity index (χ4v) is 1.15. The van der Waals surface area contributed by atoms with E-state index in [1.54, 1.807) is 6.92 Å². The van der Waals surface area contributed by atoms with E-state index in [1.165, 1.54) is 5.56 Å². The summed E-state index contributed by atoms with van der Waals surface area (Å²) in [4.78, 5) is 11.3. The van der Waals surface area contributed by atoms with Crippen molar-refractivity contribution in [2.75, 3.05) is 13.2 Å². The monoisotopic (exact) mass is 207 g/mol. The molecule has 0 aromatic heterocycles. The number of carbonyl (C=O) groups is 1. The van der Waals surface area contributed by atoms with Crippen molar-refractivity contribution in [1.82, 2.24) is 0 Å². The van der Waals surface area contributed by atoms with Gasteiger partial charge in [0, 0.05) is 13.0 Å². The number of ether oxygens (including phenoxy) is 1. The minimum absolute atomic E-state index is 0.208. The first-order chi connectivity index (χ1) is 7.24. The molecular formula is C12H17NO2. The average molecular weight is 207 g/mol. The van der Waals surface area contributed by atoms with Gasteiger partial charge >= 0.3 is 5.97 Å². The standard InChI is InChI=1S/C12H17NO2/c1-10(9-13)12(14)15-8-7-11-5-3-2-4-6-11/h2-6,10H,7-9,13H2,1H3. The Kier molecular flexibility index (Phi) is 4.84. The lowest BCUT2D eigenvalue weighted by molar-refractivity contribution is -0.147. The third kappa shape index (κ3) is 4.13. The molecule has 0 amide bonds. The molecule has 0 heterocycles. The number of rotatable bonds is 5. The van der Waals surface area contributed by atoms with E-state index in [9.17, 15) is 4.79 Å². The highest BCUT2D eigenvalue weighted by Crippen LogP contribution is 2.01. The summed E-state index contributed by atoms with van der Waals surface area (Å²) in [5, 5.41) is 0. The van der Waals surface area contributed by atoms with Gasteiger partial charge in [0.05, 0.1) is 12.5 Å². The SMILES string of the molecule is CC(CN)C(=O)OCCc1ccccc1. The van der Waals surface area contributed by atoms with Crippen molar-refractivity contribution in [2.45, 2.75) is 13.3 Å². The van der Waals surface area contributed by atoms with E-state index in [1.807, 2.05) is 30.3 Å². The maximum atomic E-state index is 11.3. The Morgan fingerprint density at radius 2 is 2.07 bits per heavy atom. The lowest BCUT2D eigenvalue weighted by Gasteiger charge is -2.08. The molecule has 1 aromatic rings. The van der Waals surface area contributed by atoms with Gasteiger partial charge in [-0.1, -0.05) is 37.3 Å². The van der Waals surface area contributed by atoms with Gasteiger partial charge in [0.1, 0.15) is 0 Å². The zero-order valence-corrected chi connectivity index (χ0v) is 8.98. The van der Waals surface area contributed by atoms with E-state index < -0.39 is 0 Å². The van der Waals surface area contributed by atoms with Gasteiger partial charge in [-0.25, -0.2) is 0 Å². The number of nitrogens with two attached hydrogens (primary N) is 1. The van der Waals surface area contributed by atoms with Crippen LogP contribution in [0.2, 0.25) is 0 Å². The summed E-state index contributed by atoms with van der Waals surface area (Å²) in [6.07, 6.45) is 0.754. The number of hydrogen-bond donors (Lipinski definition) is 1. The van der Waals surface area contributed by atoms with Crippen LogP contribution in [0.3, 0.4) is 0 Å². The maximum Gasteiger partial charge on any atom is 0.309 e. The van der Waals surface area contributed by atoms with Gasteiger partial charge in [0.25, 0.3) is 0 Å². The van der Waals surface area contributed by atoms with E-state index >= 15 is 0 Å². The Morgan fingerprint density at radius 1 is 1.40 bits per heavy atom. The predicted octanol–water partition coefficient (Wildman–Crippen LogP) is 1.37. The van der Waals surface area contributed by atoms with Crippen molar-refractivity contribution in [1.29, 1.82) is 0 Å². The molecule has 1 aromatic carbocycles. The Morgan fingerprint density at radius 3 is 2.67 bits per heavy atom. The minimum Gasteiger partial charge on any atom is -0.465 e. The smallest absolute Gasteiger partial charge is 0.309 e. The zero-order chi connectivity index (χ0) is 11.1. The van der Waals surface area contributed by atoms with Crippen LogP contribution in [-0.4, -0.2) is 19.1 Å². The molecule has 0 saturated carbocycles. The van der Waals surface area contributed by atoms with Crippen LogP contribution in [0.25, 0.3) is 0 Å². The first-order valence-corrected chi connectivity index (χ1v) is 5.14. The largest absolute Gasteiger partial charge is 0.465 e. The lowest BCUT2D eigenvalue weighted by atomic mass is 10.1. The second-order valence-electron chi connectivity index (χ2n) is 3.54. The highest BCUT2D eigenvalue weighted by molar-refractivity contribution is 5.72. The molecule has 1 rings (SSSR count). The summed E-state index contributed by atoms with van der Waals surface area (Å²) in [5.74, 6) is -0.422. The molecule has 0 bridgehead atoms. The first kappa shape index (κ1) is 11.7. The summed E-state index contributed by atoms with van der Waals surface area (Å²) in [6, 6.07) is 9.94. The van der Waals surface area contributed by atoms with Crippen LogP contribution in [0.4, 0.5) is 0 Å². The molecule has 3 heteroatoms. The fourth-order valence-electron chi connectivity index (χ4n) is 1.15. The third-order valence-corrected chi connectivity index (χ3v) is 2.23. The Bertz CT molecular complexity index is 298. The van der Waals surface area contributed by atoms with Crippen molar-refractivity contribution < 1.29 is 9.53 Å². The molecule has 1 unspecified atom stereocenters. The minimum atomic E-state index is -0.214. The first-order valence-electron chi connectivity index (χ1n) is 5.14. The molecule has 0 radical (unpaired) electrons. The van der Waals surface area contributed by atoms with E-state index in [0.717, 1.165) is 6.42 Å². The van der Waals surface area contributed by atoms with E-state index in [4.69, 9.17) is 10.5 Å². The van der Waals surface area contributed by atoms with Crippen molar-refractivity contribution in [3.05, 3.63) is 35.9 Å². The summed E-state index contributed by atoms with van der Waals surface area (Å²) >= 11 is 0. The van der Waals surface area contributed by atoms with Gasteiger partial charge < -0.3 is 10.5 Å². The molecule has 0 aliphatic rings. The summed E-state index contributed by atoms with van der Waals surface area (Å²) < 4.78 is 5.08. The fraction of sp³-hybridized carbons (Fsp3) is 0.417. The Hall–Kier alpha value is -1.35.